The lowest BCUT2D eigenvalue weighted by molar-refractivity contribution is -0.385. The van der Waals surface area contributed by atoms with Gasteiger partial charge in [0.05, 0.1) is 28.6 Å². The number of amides is 1. The molecule has 4 aromatic rings. The molecule has 0 unspecified atom stereocenters. The number of nitro groups is 1. The Labute approximate surface area is 237 Å². The molecule has 1 amide bonds. The molecule has 4 rings (SSSR count). The van der Waals surface area contributed by atoms with Crippen LogP contribution in [0.3, 0.4) is 0 Å². The first kappa shape index (κ1) is 28.4. The number of carbonyl (C=O) groups excluding carboxylic acids is 1. The minimum absolute atomic E-state index is 0.0606. The summed E-state index contributed by atoms with van der Waals surface area (Å²) in [4.78, 5) is 41.6. The predicted molar refractivity (Wildman–Crippen MR) is 156 cm³/mol. The van der Waals surface area contributed by atoms with Crippen LogP contribution in [0.5, 0.6) is 11.5 Å². The Bertz CT molecular complexity index is 1680. The van der Waals surface area contributed by atoms with E-state index in [0.29, 0.717) is 28.8 Å². The summed E-state index contributed by atoms with van der Waals surface area (Å²) in [6, 6.07) is 15.2. The highest BCUT2D eigenvalue weighted by Gasteiger charge is 2.23. The second kappa shape index (κ2) is 12.5. The predicted octanol–water partition coefficient (Wildman–Crippen LogP) is 5.24. The zero-order valence-corrected chi connectivity index (χ0v) is 23.6. The third-order valence-corrected chi connectivity index (χ3v) is 6.33. The number of halogens is 1. The standard InChI is InChI=1S/C28H26BrN5O6/c1-4-25-31-22-11-10-19(29)14-20(22)28(36)33(25)30-15-18-12-23(34(37)38)27(24(13-18)39-5-2)40-16-26(35)32-21-9-7-6-8-17(21)3/h6-15H,4-5,16H2,1-3H3,(H,32,35). The SMILES string of the molecule is CCOc1cc(C=Nn2c(CC)nc3ccc(Br)cc3c2=O)cc([N+](=O)[O-])c1OCC(=O)Nc1ccccc1C. The van der Waals surface area contributed by atoms with Crippen LogP contribution in [0.25, 0.3) is 10.9 Å². The van der Waals surface area contributed by atoms with Gasteiger partial charge in [-0.2, -0.15) is 9.78 Å². The minimum Gasteiger partial charge on any atom is -0.490 e. The van der Waals surface area contributed by atoms with Crippen LogP contribution in [0, 0.1) is 17.0 Å². The Morgan fingerprint density at radius 1 is 1.18 bits per heavy atom. The van der Waals surface area contributed by atoms with Crippen molar-refractivity contribution in [1.82, 2.24) is 9.66 Å². The molecule has 0 bridgehead atoms. The van der Waals surface area contributed by atoms with Crippen molar-refractivity contribution < 1.29 is 19.2 Å². The Hall–Kier alpha value is -4.58. The number of fused-ring (bicyclic) bond motifs is 1. The van der Waals surface area contributed by atoms with Crippen LogP contribution < -0.4 is 20.3 Å². The lowest BCUT2D eigenvalue weighted by atomic mass is 10.2. The van der Waals surface area contributed by atoms with Gasteiger partial charge >= 0.3 is 5.69 Å². The number of anilines is 1. The topological polar surface area (TPSA) is 138 Å². The fourth-order valence-electron chi connectivity index (χ4n) is 3.93. The van der Waals surface area contributed by atoms with Crippen LogP contribution in [0.4, 0.5) is 11.4 Å². The molecule has 0 spiro atoms. The molecule has 1 N–H and O–H groups in total. The van der Waals surface area contributed by atoms with Crippen LogP contribution in [-0.2, 0) is 11.2 Å². The van der Waals surface area contributed by atoms with Crippen LogP contribution in [-0.4, -0.2) is 39.9 Å². The van der Waals surface area contributed by atoms with Crippen LogP contribution in [0.15, 0.2) is 69.0 Å². The molecule has 40 heavy (non-hydrogen) atoms. The molecular formula is C28H26BrN5O6. The van der Waals surface area contributed by atoms with E-state index in [0.717, 1.165) is 10.0 Å². The van der Waals surface area contributed by atoms with Gasteiger partial charge in [-0.15, -0.1) is 0 Å². The number of benzene rings is 3. The molecule has 0 aliphatic heterocycles. The normalized spacial score (nSPS) is 11.1. The number of hydrogen-bond acceptors (Lipinski definition) is 8. The van der Waals surface area contributed by atoms with Crippen LogP contribution >= 0.6 is 15.9 Å². The molecule has 0 atom stereocenters. The molecule has 1 aromatic heterocycles. The van der Waals surface area contributed by atoms with Crippen molar-refractivity contribution in [2.75, 3.05) is 18.5 Å². The number of nitrogens with zero attached hydrogens (tertiary/aromatic N) is 4. The molecule has 3 aromatic carbocycles. The molecule has 0 aliphatic carbocycles. The second-order valence-electron chi connectivity index (χ2n) is 8.61. The van der Waals surface area contributed by atoms with Crippen molar-refractivity contribution in [3.63, 3.8) is 0 Å². The third kappa shape index (κ3) is 6.34. The first-order valence-corrected chi connectivity index (χ1v) is 13.2. The molecule has 11 nitrogen and oxygen atoms in total. The van der Waals surface area contributed by atoms with Gasteiger partial charge in [0, 0.05) is 28.2 Å². The molecule has 1 heterocycles. The van der Waals surface area contributed by atoms with Gasteiger partial charge in [0.1, 0.15) is 5.82 Å². The number of aromatic nitrogens is 2. The molecular weight excluding hydrogens is 582 g/mol. The number of ether oxygens (including phenoxy) is 2. The van der Waals surface area contributed by atoms with E-state index in [1.807, 2.05) is 26.0 Å². The summed E-state index contributed by atoms with van der Waals surface area (Å²) < 4.78 is 13.1. The fourth-order valence-corrected chi connectivity index (χ4v) is 4.29. The number of aryl methyl sites for hydroxylation is 2. The maximum absolute atomic E-state index is 13.2. The summed E-state index contributed by atoms with van der Waals surface area (Å²) in [7, 11) is 0. The van der Waals surface area contributed by atoms with Crippen molar-refractivity contribution in [2.45, 2.75) is 27.2 Å². The van der Waals surface area contributed by atoms with E-state index in [1.165, 1.54) is 23.0 Å². The summed E-state index contributed by atoms with van der Waals surface area (Å²) in [6.45, 7) is 5.12. The first-order chi connectivity index (χ1) is 19.2. The molecule has 0 fully saturated rings. The van der Waals surface area contributed by atoms with E-state index in [1.54, 1.807) is 37.3 Å². The van der Waals surface area contributed by atoms with Gasteiger partial charge in [0.2, 0.25) is 5.75 Å². The van der Waals surface area contributed by atoms with Crippen molar-refractivity contribution in [3.8, 4) is 11.5 Å². The smallest absolute Gasteiger partial charge is 0.315 e. The van der Waals surface area contributed by atoms with Gasteiger partial charge in [-0.25, -0.2) is 4.98 Å². The third-order valence-electron chi connectivity index (χ3n) is 5.83. The quantitative estimate of drug-likeness (QED) is 0.148. The molecule has 0 saturated heterocycles. The van der Waals surface area contributed by atoms with Crippen LogP contribution in [0.2, 0.25) is 0 Å². The van der Waals surface area contributed by atoms with Gasteiger partial charge in [-0.1, -0.05) is 41.1 Å². The average Bonchev–Trinajstić information content (AvgIpc) is 2.93. The number of para-hydroxylation sites is 1. The van der Waals surface area contributed by atoms with E-state index in [4.69, 9.17) is 9.47 Å². The van der Waals surface area contributed by atoms with E-state index < -0.39 is 23.1 Å². The second-order valence-corrected chi connectivity index (χ2v) is 9.53. The number of nitro benzene ring substituents is 1. The Morgan fingerprint density at radius 2 is 1.95 bits per heavy atom. The van der Waals surface area contributed by atoms with E-state index >= 15 is 0 Å². The Balaban J connectivity index is 1.67. The number of rotatable bonds is 10. The molecule has 12 heteroatoms. The minimum atomic E-state index is -0.632. The van der Waals surface area contributed by atoms with Gasteiger partial charge in [-0.05, 0) is 49.7 Å². The molecule has 0 aliphatic rings. The average molecular weight is 608 g/mol. The van der Waals surface area contributed by atoms with Crippen molar-refractivity contribution >= 4 is 50.3 Å². The lowest BCUT2D eigenvalue weighted by Crippen LogP contribution is -2.22. The Kier molecular flexibility index (Phi) is 8.90. The highest BCUT2D eigenvalue weighted by Crippen LogP contribution is 2.38. The zero-order valence-electron chi connectivity index (χ0n) is 22.0. The zero-order chi connectivity index (χ0) is 28.8. The first-order valence-electron chi connectivity index (χ1n) is 12.4. The van der Waals surface area contributed by atoms with E-state index in [2.05, 4.69) is 31.3 Å². The summed E-state index contributed by atoms with van der Waals surface area (Å²) >= 11 is 3.37. The molecule has 206 valence electrons. The van der Waals surface area contributed by atoms with E-state index in [9.17, 15) is 19.7 Å². The van der Waals surface area contributed by atoms with Gasteiger partial charge < -0.3 is 14.8 Å². The van der Waals surface area contributed by atoms with Gasteiger partial charge in [-0.3, -0.25) is 19.7 Å². The highest BCUT2D eigenvalue weighted by atomic mass is 79.9. The summed E-state index contributed by atoms with van der Waals surface area (Å²) in [5.41, 5.74) is 1.51. The van der Waals surface area contributed by atoms with Crippen molar-refractivity contribution in [2.24, 2.45) is 5.10 Å². The summed E-state index contributed by atoms with van der Waals surface area (Å²) in [5, 5.41) is 19.4. The molecule has 0 saturated carbocycles. The van der Waals surface area contributed by atoms with Crippen molar-refractivity contribution in [1.29, 1.82) is 0 Å². The van der Waals surface area contributed by atoms with Crippen molar-refractivity contribution in [3.05, 3.63) is 96.5 Å². The maximum Gasteiger partial charge on any atom is 0.315 e. The van der Waals surface area contributed by atoms with Crippen LogP contribution in [0.1, 0.15) is 30.8 Å². The highest BCUT2D eigenvalue weighted by molar-refractivity contribution is 9.10. The number of carbonyl (C=O) groups is 1. The maximum atomic E-state index is 13.2. The largest absolute Gasteiger partial charge is 0.490 e. The summed E-state index contributed by atoms with van der Waals surface area (Å²) in [6.07, 6.45) is 1.75. The number of hydrogen-bond donors (Lipinski definition) is 1. The van der Waals surface area contributed by atoms with Gasteiger partial charge in [0.15, 0.2) is 12.4 Å². The number of nitrogens with one attached hydrogen (secondary N) is 1. The fraction of sp³-hybridized carbons (Fsp3) is 0.214. The lowest BCUT2D eigenvalue weighted by Gasteiger charge is -2.14. The Morgan fingerprint density at radius 3 is 2.65 bits per heavy atom. The van der Waals surface area contributed by atoms with E-state index in [-0.39, 0.29) is 29.2 Å². The monoisotopic (exact) mass is 607 g/mol. The molecule has 0 radical (unpaired) electrons. The summed E-state index contributed by atoms with van der Waals surface area (Å²) in [5.74, 6) is -0.188. The van der Waals surface area contributed by atoms with Gasteiger partial charge in [0.25, 0.3) is 11.5 Å².